The van der Waals surface area contributed by atoms with Crippen molar-refractivity contribution in [2.24, 2.45) is 5.92 Å². The van der Waals surface area contributed by atoms with Crippen molar-refractivity contribution < 1.29 is 0 Å². The molecule has 89 valence electrons. The van der Waals surface area contributed by atoms with Gasteiger partial charge >= 0.3 is 0 Å². The molecule has 2 rings (SSSR count). The lowest BCUT2D eigenvalue weighted by Crippen LogP contribution is -1.94. The Hall–Kier alpha value is -0.600. The summed E-state index contributed by atoms with van der Waals surface area (Å²) >= 11 is 5.22. The Labute approximate surface area is 116 Å². The van der Waals surface area contributed by atoms with Crippen LogP contribution >= 0.6 is 27.3 Å². The molecule has 0 nitrogen and oxygen atoms in total. The molecule has 0 bridgehead atoms. The standard InChI is InChI=1S/C15H16BrS/c1-10(2)6-13-8-17-9-14(13)12-4-5-15(16)11(3)7-12/h4-5,7-8,10H,6H2,1-3H3. The maximum atomic E-state index is 3.54. The molecule has 0 amide bonds. The van der Waals surface area contributed by atoms with Crippen molar-refractivity contribution in [1.82, 2.24) is 0 Å². The molecule has 0 aliphatic carbocycles. The molecule has 0 saturated heterocycles. The van der Waals surface area contributed by atoms with Gasteiger partial charge < -0.3 is 0 Å². The van der Waals surface area contributed by atoms with Crippen LogP contribution < -0.4 is 0 Å². The van der Waals surface area contributed by atoms with Crippen LogP contribution in [-0.4, -0.2) is 0 Å². The van der Waals surface area contributed by atoms with Gasteiger partial charge in [0.25, 0.3) is 0 Å². The third-order valence-corrected chi connectivity index (χ3v) is 4.37. The van der Waals surface area contributed by atoms with Gasteiger partial charge in [-0.2, -0.15) is 0 Å². The van der Waals surface area contributed by atoms with Gasteiger partial charge in [0.1, 0.15) is 0 Å². The third kappa shape index (κ3) is 2.99. The van der Waals surface area contributed by atoms with Gasteiger partial charge in [-0.3, -0.25) is 0 Å². The number of halogens is 1. The van der Waals surface area contributed by atoms with E-state index in [1.807, 2.05) is 0 Å². The summed E-state index contributed by atoms with van der Waals surface area (Å²) in [5.41, 5.74) is 5.26. The predicted octanol–water partition coefficient (Wildman–Crippen LogP) is 5.48. The molecular formula is C15H16BrS. The van der Waals surface area contributed by atoms with Gasteiger partial charge in [-0.05, 0) is 47.4 Å². The Morgan fingerprint density at radius 3 is 2.76 bits per heavy atom. The SMILES string of the molecule is Cc1cc(-c2[c]scc2CC(C)C)ccc1Br. The Bertz CT molecular complexity index is 511. The van der Waals surface area contributed by atoms with Crippen molar-refractivity contribution >= 4 is 27.3 Å². The zero-order valence-electron chi connectivity index (χ0n) is 10.4. The number of hydrogen-bond acceptors (Lipinski definition) is 1. The van der Waals surface area contributed by atoms with Gasteiger partial charge in [-0.25, -0.2) is 0 Å². The second kappa shape index (κ2) is 5.36. The zero-order chi connectivity index (χ0) is 12.4. The summed E-state index contributed by atoms with van der Waals surface area (Å²) in [5.74, 6) is 0.688. The Morgan fingerprint density at radius 1 is 1.35 bits per heavy atom. The fourth-order valence-electron chi connectivity index (χ4n) is 1.92. The van der Waals surface area contributed by atoms with E-state index in [0.29, 0.717) is 5.92 Å². The minimum Gasteiger partial charge on any atom is -0.142 e. The van der Waals surface area contributed by atoms with Crippen LogP contribution in [0.5, 0.6) is 0 Å². The second-order valence-electron chi connectivity index (χ2n) is 4.80. The molecule has 17 heavy (non-hydrogen) atoms. The summed E-state index contributed by atoms with van der Waals surface area (Å²) in [7, 11) is 0. The molecule has 0 N–H and O–H groups in total. The van der Waals surface area contributed by atoms with Gasteiger partial charge in [0, 0.05) is 10.0 Å². The van der Waals surface area contributed by atoms with Crippen LogP contribution in [0.2, 0.25) is 0 Å². The van der Waals surface area contributed by atoms with Gasteiger partial charge in [-0.1, -0.05) is 41.9 Å². The van der Waals surface area contributed by atoms with Crippen molar-refractivity contribution in [1.29, 1.82) is 0 Å². The van der Waals surface area contributed by atoms with E-state index in [4.69, 9.17) is 0 Å². The summed E-state index contributed by atoms with van der Waals surface area (Å²) in [5, 5.41) is 5.63. The van der Waals surface area contributed by atoms with Crippen molar-refractivity contribution in [3.05, 3.63) is 44.6 Å². The van der Waals surface area contributed by atoms with Gasteiger partial charge in [0.05, 0.1) is 5.38 Å². The third-order valence-electron chi connectivity index (χ3n) is 2.76. The van der Waals surface area contributed by atoms with Gasteiger partial charge in [0.2, 0.25) is 0 Å². The van der Waals surface area contributed by atoms with E-state index in [1.165, 1.54) is 26.7 Å². The maximum Gasteiger partial charge on any atom is 0.0530 e. The molecule has 0 saturated carbocycles. The molecule has 2 aromatic rings. The van der Waals surface area contributed by atoms with E-state index in [0.717, 1.165) is 6.42 Å². The lowest BCUT2D eigenvalue weighted by Gasteiger charge is -2.08. The van der Waals surface area contributed by atoms with E-state index in [9.17, 15) is 0 Å². The molecule has 1 aromatic heterocycles. The van der Waals surface area contributed by atoms with E-state index in [-0.39, 0.29) is 0 Å². The maximum absolute atomic E-state index is 3.54. The fourth-order valence-corrected chi connectivity index (χ4v) is 2.95. The predicted molar refractivity (Wildman–Crippen MR) is 79.6 cm³/mol. The first-order valence-electron chi connectivity index (χ1n) is 5.82. The number of thiophene rings is 1. The number of aryl methyl sites for hydroxylation is 1. The monoisotopic (exact) mass is 307 g/mol. The first-order valence-corrected chi connectivity index (χ1v) is 7.49. The van der Waals surface area contributed by atoms with Crippen molar-refractivity contribution in [2.45, 2.75) is 27.2 Å². The molecule has 0 spiro atoms. The molecule has 1 radical (unpaired) electrons. The minimum atomic E-state index is 0.688. The lowest BCUT2D eigenvalue weighted by atomic mass is 9.97. The van der Waals surface area contributed by atoms with Crippen LogP contribution in [0.15, 0.2) is 28.1 Å². The van der Waals surface area contributed by atoms with E-state index < -0.39 is 0 Å². The van der Waals surface area contributed by atoms with Crippen LogP contribution in [-0.2, 0) is 6.42 Å². The lowest BCUT2D eigenvalue weighted by molar-refractivity contribution is 0.649. The average Bonchev–Trinajstić information content (AvgIpc) is 2.69. The number of benzene rings is 1. The van der Waals surface area contributed by atoms with Crippen LogP contribution in [0.3, 0.4) is 0 Å². The van der Waals surface area contributed by atoms with Crippen LogP contribution in [0, 0.1) is 18.2 Å². The normalized spacial score (nSPS) is 11.1. The Kier molecular flexibility index (Phi) is 4.05. The molecule has 1 aromatic carbocycles. The molecule has 0 fully saturated rings. The summed E-state index contributed by atoms with van der Waals surface area (Å²) in [6.45, 7) is 6.64. The second-order valence-corrected chi connectivity index (χ2v) is 6.33. The summed E-state index contributed by atoms with van der Waals surface area (Å²) < 4.78 is 1.17. The first kappa shape index (κ1) is 12.8. The van der Waals surface area contributed by atoms with Crippen molar-refractivity contribution in [3.63, 3.8) is 0 Å². The number of rotatable bonds is 3. The summed E-state index contributed by atoms with van der Waals surface area (Å²) in [6.07, 6.45) is 1.13. The van der Waals surface area contributed by atoms with Crippen molar-refractivity contribution in [3.8, 4) is 11.1 Å². The molecule has 0 aliphatic rings. The summed E-state index contributed by atoms with van der Waals surface area (Å²) in [4.78, 5) is 0. The highest BCUT2D eigenvalue weighted by Crippen LogP contribution is 2.31. The smallest absolute Gasteiger partial charge is 0.0530 e. The highest BCUT2D eigenvalue weighted by atomic mass is 79.9. The highest BCUT2D eigenvalue weighted by Gasteiger charge is 2.09. The Morgan fingerprint density at radius 2 is 2.12 bits per heavy atom. The molecule has 0 unspecified atom stereocenters. The summed E-state index contributed by atoms with van der Waals surface area (Å²) in [6, 6.07) is 6.52. The van der Waals surface area contributed by atoms with Crippen LogP contribution in [0.25, 0.3) is 11.1 Å². The van der Waals surface area contributed by atoms with E-state index in [2.05, 4.69) is 65.7 Å². The first-order chi connectivity index (χ1) is 8.08. The van der Waals surface area contributed by atoms with Gasteiger partial charge in [-0.15, -0.1) is 11.3 Å². The fraction of sp³-hybridized carbons (Fsp3) is 0.333. The molecular weight excluding hydrogens is 292 g/mol. The van der Waals surface area contributed by atoms with Crippen LogP contribution in [0.1, 0.15) is 25.0 Å². The minimum absolute atomic E-state index is 0.688. The molecule has 2 heteroatoms. The average molecular weight is 308 g/mol. The number of hydrogen-bond donors (Lipinski definition) is 0. The topological polar surface area (TPSA) is 0 Å². The molecule has 0 atom stereocenters. The molecule has 1 heterocycles. The molecule has 0 aliphatic heterocycles. The quantitative estimate of drug-likeness (QED) is 0.704. The largest absolute Gasteiger partial charge is 0.142 e. The zero-order valence-corrected chi connectivity index (χ0v) is 12.8. The van der Waals surface area contributed by atoms with Crippen LogP contribution in [0.4, 0.5) is 0 Å². The van der Waals surface area contributed by atoms with E-state index in [1.54, 1.807) is 11.3 Å². The van der Waals surface area contributed by atoms with Crippen molar-refractivity contribution in [2.75, 3.05) is 0 Å². The highest BCUT2D eigenvalue weighted by molar-refractivity contribution is 9.10. The van der Waals surface area contributed by atoms with Gasteiger partial charge in [0.15, 0.2) is 0 Å². The van der Waals surface area contributed by atoms with E-state index >= 15 is 0 Å². The Balaban J connectivity index is 2.39.